The van der Waals surface area contributed by atoms with E-state index in [0.717, 1.165) is 11.3 Å². The Kier molecular flexibility index (Phi) is 7.07. The van der Waals surface area contributed by atoms with E-state index in [9.17, 15) is 14.4 Å². The Morgan fingerprint density at radius 3 is 2.34 bits per heavy atom. The maximum Gasteiger partial charge on any atom is 0.266 e. The number of nitrogens with one attached hydrogen (secondary N) is 2. The van der Waals surface area contributed by atoms with Crippen LogP contribution in [0.4, 0.5) is 11.4 Å². The highest BCUT2D eigenvalue weighted by Gasteiger charge is 2.37. The summed E-state index contributed by atoms with van der Waals surface area (Å²) in [5.41, 5.74) is 1.90. The van der Waals surface area contributed by atoms with Crippen molar-refractivity contribution in [3.05, 3.63) is 83.4 Å². The number of fused-ring (bicyclic) bond motifs is 1. The van der Waals surface area contributed by atoms with E-state index in [0.29, 0.717) is 46.2 Å². The maximum atomic E-state index is 12.8. The smallest absolute Gasteiger partial charge is 0.266 e. The number of carbonyl (C=O) groups excluding carboxylic acids is 3. The van der Waals surface area contributed by atoms with Gasteiger partial charge >= 0.3 is 0 Å². The molecule has 35 heavy (non-hydrogen) atoms. The molecule has 0 unspecified atom stereocenters. The summed E-state index contributed by atoms with van der Waals surface area (Å²) in [6.45, 7) is 2.56. The fourth-order valence-electron chi connectivity index (χ4n) is 3.63. The normalized spacial score (nSPS) is 12.2. The van der Waals surface area contributed by atoms with Crippen LogP contribution in [0.3, 0.4) is 0 Å². The van der Waals surface area contributed by atoms with Crippen LogP contribution in [0.1, 0.15) is 44.4 Å². The van der Waals surface area contributed by atoms with Crippen LogP contribution in [0, 0.1) is 0 Å². The highest BCUT2D eigenvalue weighted by molar-refractivity contribution is 7.80. The maximum absolute atomic E-state index is 12.8. The molecular formula is C26H23N3O5S. The minimum absolute atomic E-state index is 0.0745. The second kappa shape index (κ2) is 10.4. The van der Waals surface area contributed by atoms with Crippen LogP contribution in [-0.2, 0) is 0 Å². The molecule has 0 aliphatic carbocycles. The second-order valence-corrected chi connectivity index (χ2v) is 8.07. The molecule has 2 N–H and O–H groups in total. The molecule has 1 heterocycles. The van der Waals surface area contributed by atoms with Gasteiger partial charge < -0.3 is 14.8 Å². The van der Waals surface area contributed by atoms with Crippen LogP contribution < -0.4 is 25.0 Å². The first kappa shape index (κ1) is 23.9. The topological polar surface area (TPSA) is 97.0 Å². The van der Waals surface area contributed by atoms with Gasteiger partial charge in [0.2, 0.25) is 0 Å². The van der Waals surface area contributed by atoms with Gasteiger partial charge in [-0.1, -0.05) is 25.1 Å². The number of methoxy groups -OCH3 is 1. The molecule has 9 heteroatoms. The van der Waals surface area contributed by atoms with Gasteiger partial charge in [-0.3, -0.25) is 19.7 Å². The van der Waals surface area contributed by atoms with Crippen molar-refractivity contribution in [1.82, 2.24) is 5.32 Å². The van der Waals surface area contributed by atoms with Gasteiger partial charge in [0.1, 0.15) is 11.5 Å². The number of thiocarbonyl (C=S) groups is 1. The highest BCUT2D eigenvalue weighted by Crippen LogP contribution is 2.36. The summed E-state index contributed by atoms with van der Waals surface area (Å²) in [5, 5.41) is 5.63. The van der Waals surface area contributed by atoms with Crippen molar-refractivity contribution in [3.8, 4) is 11.5 Å². The minimum Gasteiger partial charge on any atom is -0.494 e. The van der Waals surface area contributed by atoms with Crippen LogP contribution >= 0.6 is 12.2 Å². The third kappa shape index (κ3) is 4.99. The standard InChI is InChI=1S/C26H23N3O5S/c1-3-13-34-18-8-6-7-16(14-18)23(30)28-26(35)27-17-11-12-21(22(15-17)33-2)29-24(31)19-9-4-5-10-20(19)25(29)32/h4-12,14-15H,3,13H2,1-2H3,(H2,27,28,30,35). The van der Waals surface area contributed by atoms with E-state index >= 15 is 0 Å². The minimum atomic E-state index is -0.419. The van der Waals surface area contributed by atoms with Crippen molar-refractivity contribution in [2.75, 3.05) is 23.9 Å². The number of imide groups is 1. The molecule has 8 nitrogen and oxygen atoms in total. The number of hydrogen-bond donors (Lipinski definition) is 2. The number of rotatable bonds is 7. The highest BCUT2D eigenvalue weighted by atomic mass is 32.1. The van der Waals surface area contributed by atoms with E-state index in [1.807, 2.05) is 6.92 Å². The molecule has 0 fully saturated rings. The predicted molar refractivity (Wildman–Crippen MR) is 136 cm³/mol. The van der Waals surface area contributed by atoms with Crippen LogP contribution in [-0.4, -0.2) is 36.6 Å². The third-order valence-electron chi connectivity index (χ3n) is 5.27. The van der Waals surface area contributed by atoms with E-state index < -0.39 is 11.8 Å². The van der Waals surface area contributed by atoms with E-state index in [-0.39, 0.29) is 11.0 Å². The molecule has 1 aliphatic rings. The van der Waals surface area contributed by atoms with E-state index in [1.165, 1.54) is 7.11 Å². The summed E-state index contributed by atoms with van der Waals surface area (Å²) < 4.78 is 11.0. The molecule has 3 aromatic carbocycles. The van der Waals surface area contributed by atoms with Crippen LogP contribution in [0.15, 0.2) is 66.7 Å². The molecule has 1 aliphatic heterocycles. The number of ether oxygens (including phenoxy) is 2. The monoisotopic (exact) mass is 489 g/mol. The molecule has 0 saturated carbocycles. The quantitative estimate of drug-likeness (QED) is 0.375. The van der Waals surface area contributed by atoms with Crippen LogP contribution in [0.2, 0.25) is 0 Å². The Morgan fingerprint density at radius 1 is 0.971 bits per heavy atom. The average Bonchev–Trinajstić information content (AvgIpc) is 3.12. The molecule has 0 radical (unpaired) electrons. The van der Waals surface area contributed by atoms with Crippen molar-refractivity contribution in [2.45, 2.75) is 13.3 Å². The van der Waals surface area contributed by atoms with Gasteiger partial charge in [0, 0.05) is 17.3 Å². The second-order valence-electron chi connectivity index (χ2n) is 7.66. The molecule has 0 atom stereocenters. The zero-order chi connectivity index (χ0) is 24.9. The van der Waals surface area contributed by atoms with E-state index in [2.05, 4.69) is 10.6 Å². The molecule has 3 amide bonds. The van der Waals surface area contributed by atoms with Gasteiger partial charge in [0.25, 0.3) is 17.7 Å². The number of nitrogens with zero attached hydrogens (tertiary/aromatic N) is 1. The molecule has 0 saturated heterocycles. The lowest BCUT2D eigenvalue weighted by molar-refractivity contribution is 0.0922. The first-order valence-electron chi connectivity index (χ1n) is 10.9. The zero-order valence-corrected chi connectivity index (χ0v) is 20.0. The Bertz CT molecular complexity index is 1290. The van der Waals surface area contributed by atoms with Gasteiger partial charge in [-0.05, 0) is 61.1 Å². The predicted octanol–water partition coefficient (Wildman–Crippen LogP) is 4.41. The number of hydrogen-bond acceptors (Lipinski definition) is 6. The van der Waals surface area contributed by atoms with Gasteiger partial charge in [-0.15, -0.1) is 0 Å². The van der Waals surface area contributed by atoms with Crippen LogP contribution in [0.5, 0.6) is 11.5 Å². The summed E-state index contributed by atoms with van der Waals surface area (Å²) in [6, 6.07) is 18.3. The van der Waals surface area contributed by atoms with E-state index in [4.69, 9.17) is 21.7 Å². The fraction of sp³-hybridized carbons (Fsp3) is 0.154. The summed E-state index contributed by atoms with van der Waals surface area (Å²) >= 11 is 5.29. The van der Waals surface area contributed by atoms with Gasteiger partial charge in [0.05, 0.1) is 30.5 Å². The first-order chi connectivity index (χ1) is 16.9. The van der Waals surface area contributed by atoms with Gasteiger partial charge in [0.15, 0.2) is 5.11 Å². The number of anilines is 2. The van der Waals surface area contributed by atoms with Crippen molar-refractivity contribution < 1.29 is 23.9 Å². The van der Waals surface area contributed by atoms with Crippen molar-refractivity contribution >= 4 is 46.4 Å². The number of benzene rings is 3. The molecular weight excluding hydrogens is 466 g/mol. The van der Waals surface area contributed by atoms with Crippen LogP contribution in [0.25, 0.3) is 0 Å². The molecule has 0 aromatic heterocycles. The Hall–Kier alpha value is -4.24. The lowest BCUT2D eigenvalue weighted by Gasteiger charge is -2.19. The third-order valence-corrected chi connectivity index (χ3v) is 5.47. The SMILES string of the molecule is CCCOc1cccc(C(=O)NC(=S)Nc2ccc(N3C(=O)c4ccccc4C3=O)c(OC)c2)c1. The first-order valence-corrected chi connectivity index (χ1v) is 11.3. The van der Waals surface area contributed by atoms with Gasteiger partial charge in [-0.25, -0.2) is 4.90 Å². The van der Waals surface area contributed by atoms with E-state index in [1.54, 1.807) is 66.7 Å². The Morgan fingerprint density at radius 2 is 1.69 bits per heavy atom. The Balaban J connectivity index is 1.46. The molecule has 4 rings (SSSR count). The van der Waals surface area contributed by atoms with Crippen molar-refractivity contribution in [3.63, 3.8) is 0 Å². The Labute approximate surface area is 207 Å². The van der Waals surface area contributed by atoms with Gasteiger partial charge in [-0.2, -0.15) is 0 Å². The molecule has 178 valence electrons. The number of carbonyl (C=O) groups is 3. The average molecular weight is 490 g/mol. The lowest BCUT2D eigenvalue weighted by Crippen LogP contribution is -2.34. The summed E-state index contributed by atoms with van der Waals surface area (Å²) in [4.78, 5) is 39.4. The molecule has 3 aromatic rings. The summed E-state index contributed by atoms with van der Waals surface area (Å²) in [6.07, 6.45) is 0.861. The molecule has 0 bridgehead atoms. The zero-order valence-electron chi connectivity index (χ0n) is 19.2. The largest absolute Gasteiger partial charge is 0.494 e. The summed E-state index contributed by atoms with van der Waals surface area (Å²) in [5.74, 6) is -0.333. The fourth-order valence-corrected chi connectivity index (χ4v) is 3.84. The lowest BCUT2D eigenvalue weighted by atomic mass is 10.1. The van der Waals surface area contributed by atoms with Crippen molar-refractivity contribution in [2.24, 2.45) is 0 Å². The summed E-state index contributed by atoms with van der Waals surface area (Å²) in [7, 11) is 1.44. The number of amides is 3. The molecule has 0 spiro atoms. The van der Waals surface area contributed by atoms with Crippen molar-refractivity contribution in [1.29, 1.82) is 0 Å².